The first-order chi connectivity index (χ1) is 13.2. The number of aromatic nitrogens is 2. The fourth-order valence-corrected chi connectivity index (χ4v) is 3.14. The van der Waals surface area contributed by atoms with Crippen molar-refractivity contribution in [2.24, 2.45) is 0 Å². The number of hydrogen-bond acceptors (Lipinski definition) is 6. The van der Waals surface area contributed by atoms with E-state index < -0.39 is 0 Å². The number of nitrogens with zero attached hydrogens (tertiary/aromatic N) is 4. The van der Waals surface area contributed by atoms with Crippen molar-refractivity contribution in [2.45, 2.75) is 13.3 Å². The average Bonchev–Trinajstić information content (AvgIpc) is 2.73. The van der Waals surface area contributed by atoms with E-state index in [0.717, 1.165) is 44.9 Å². The third kappa shape index (κ3) is 5.17. The van der Waals surface area contributed by atoms with E-state index in [1.165, 1.54) is 5.56 Å². The Balaban J connectivity index is 1.54. The van der Waals surface area contributed by atoms with Crippen molar-refractivity contribution in [2.75, 3.05) is 51.7 Å². The lowest BCUT2D eigenvalue weighted by Crippen LogP contribution is -2.48. The smallest absolute Gasteiger partial charge is 0.272 e. The first-order valence-corrected chi connectivity index (χ1v) is 9.41. The van der Waals surface area contributed by atoms with Crippen LogP contribution < -0.4 is 10.1 Å². The molecule has 1 aromatic heterocycles. The van der Waals surface area contributed by atoms with Gasteiger partial charge < -0.3 is 19.9 Å². The number of ether oxygens (including phenoxy) is 1. The average molecular weight is 369 g/mol. The summed E-state index contributed by atoms with van der Waals surface area (Å²) in [6.45, 7) is 7.17. The molecule has 7 heteroatoms. The predicted octanol–water partition coefficient (Wildman–Crippen LogP) is 1.92. The van der Waals surface area contributed by atoms with Gasteiger partial charge in [-0.15, -0.1) is 0 Å². The Hall–Kier alpha value is -2.67. The van der Waals surface area contributed by atoms with Crippen LogP contribution in [0, 0.1) is 0 Å². The number of benzene rings is 1. The third-order valence-electron chi connectivity index (χ3n) is 4.81. The van der Waals surface area contributed by atoms with Gasteiger partial charge in [0.25, 0.3) is 5.91 Å². The predicted molar refractivity (Wildman–Crippen MR) is 105 cm³/mol. The molecule has 0 unspecified atom stereocenters. The van der Waals surface area contributed by atoms with Crippen molar-refractivity contribution in [3.05, 3.63) is 47.8 Å². The van der Waals surface area contributed by atoms with Gasteiger partial charge in [0.2, 0.25) is 5.95 Å². The Bertz CT molecular complexity index is 760. The summed E-state index contributed by atoms with van der Waals surface area (Å²) in [7, 11) is 1.66. The lowest BCUT2D eigenvalue weighted by Gasteiger charge is -2.33. The van der Waals surface area contributed by atoms with Gasteiger partial charge in [0.15, 0.2) is 0 Å². The van der Waals surface area contributed by atoms with Crippen LogP contribution >= 0.6 is 0 Å². The van der Waals surface area contributed by atoms with Crippen LogP contribution in [-0.4, -0.2) is 72.1 Å². The molecule has 0 bridgehead atoms. The zero-order valence-electron chi connectivity index (χ0n) is 16.0. The molecule has 1 fully saturated rings. The van der Waals surface area contributed by atoms with Crippen LogP contribution in [0.5, 0.6) is 5.75 Å². The van der Waals surface area contributed by atoms with Crippen LogP contribution in [0.3, 0.4) is 0 Å². The van der Waals surface area contributed by atoms with Crippen LogP contribution in [0.4, 0.5) is 5.95 Å². The Kier molecular flexibility index (Phi) is 6.59. The molecule has 3 rings (SSSR count). The van der Waals surface area contributed by atoms with E-state index in [1.807, 2.05) is 23.1 Å². The first kappa shape index (κ1) is 19.1. The lowest BCUT2D eigenvalue weighted by molar-refractivity contribution is 0.0637. The van der Waals surface area contributed by atoms with Crippen LogP contribution in [0.1, 0.15) is 23.0 Å². The molecule has 0 saturated carbocycles. The molecule has 1 aliphatic heterocycles. The molecule has 0 aliphatic carbocycles. The molecule has 2 aromatic rings. The van der Waals surface area contributed by atoms with Crippen LogP contribution in [0.15, 0.2) is 36.5 Å². The highest BCUT2D eigenvalue weighted by Crippen LogP contribution is 2.13. The molecule has 1 N–H and O–H groups in total. The molecule has 0 radical (unpaired) electrons. The number of methoxy groups -OCH3 is 1. The van der Waals surface area contributed by atoms with E-state index in [-0.39, 0.29) is 5.91 Å². The Morgan fingerprint density at radius 2 is 2.04 bits per heavy atom. The largest absolute Gasteiger partial charge is 0.497 e. The number of hydrogen-bond donors (Lipinski definition) is 1. The molecule has 1 amide bonds. The molecular formula is C20H27N5O2. The number of nitrogens with one attached hydrogen (secondary N) is 1. The second kappa shape index (κ2) is 9.32. The number of carbonyl (C=O) groups is 1. The van der Waals surface area contributed by atoms with Crippen molar-refractivity contribution in [1.29, 1.82) is 0 Å². The zero-order chi connectivity index (χ0) is 19.1. The second-order valence-electron chi connectivity index (χ2n) is 6.52. The van der Waals surface area contributed by atoms with E-state index in [2.05, 4.69) is 33.2 Å². The molecule has 2 heterocycles. The number of piperazine rings is 1. The number of rotatable bonds is 7. The fourth-order valence-electron chi connectivity index (χ4n) is 3.14. The highest BCUT2D eigenvalue weighted by atomic mass is 16.5. The minimum atomic E-state index is -0.0241. The summed E-state index contributed by atoms with van der Waals surface area (Å²) in [5, 5.41) is 3.20. The van der Waals surface area contributed by atoms with E-state index >= 15 is 0 Å². The lowest BCUT2D eigenvalue weighted by atomic mass is 10.1. The van der Waals surface area contributed by atoms with Crippen LogP contribution in [-0.2, 0) is 6.42 Å². The quantitative estimate of drug-likeness (QED) is 0.804. The first-order valence-electron chi connectivity index (χ1n) is 9.41. The summed E-state index contributed by atoms with van der Waals surface area (Å²) in [4.78, 5) is 25.5. The van der Waals surface area contributed by atoms with Crippen molar-refractivity contribution < 1.29 is 9.53 Å². The minimum absolute atomic E-state index is 0.0241. The van der Waals surface area contributed by atoms with Gasteiger partial charge in [-0.1, -0.05) is 19.1 Å². The number of carbonyl (C=O) groups excluding carboxylic acids is 1. The summed E-state index contributed by atoms with van der Waals surface area (Å²) in [5.74, 6) is 1.31. The molecule has 1 saturated heterocycles. The Morgan fingerprint density at radius 3 is 2.78 bits per heavy atom. The van der Waals surface area contributed by atoms with Crippen molar-refractivity contribution in [3.63, 3.8) is 0 Å². The van der Waals surface area contributed by atoms with Gasteiger partial charge in [0.1, 0.15) is 11.4 Å². The van der Waals surface area contributed by atoms with Gasteiger partial charge in [-0.3, -0.25) is 4.79 Å². The molecule has 0 atom stereocenters. The molecule has 144 valence electrons. The van der Waals surface area contributed by atoms with E-state index in [9.17, 15) is 4.79 Å². The van der Waals surface area contributed by atoms with Crippen LogP contribution in [0.2, 0.25) is 0 Å². The molecule has 27 heavy (non-hydrogen) atoms. The van der Waals surface area contributed by atoms with Crippen molar-refractivity contribution in [1.82, 2.24) is 19.8 Å². The van der Waals surface area contributed by atoms with E-state index in [0.29, 0.717) is 18.2 Å². The normalized spacial score (nSPS) is 14.8. The topological polar surface area (TPSA) is 70.6 Å². The maximum absolute atomic E-state index is 12.7. The van der Waals surface area contributed by atoms with Gasteiger partial charge in [0.05, 0.1) is 7.11 Å². The van der Waals surface area contributed by atoms with E-state index in [1.54, 1.807) is 19.4 Å². The van der Waals surface area contributed by atoms with Gasteiger partial charge in [-0.05, 0) is 36.7 Å². The van der Waals surface area contributed by atoms with Gasteiger partial charge in [-0.2, -0.15) is 0 Å². The molecule has 7 nitrogen and oxygen atoms in total. The maximum Gasteiger partial charge on any atom is 0.272 e. The number of likely N-dealkylation sites (N-methyl/N-ethyl adjacent to an activating group) is 1. The SMILES string of the molecule is CCN1CCN(C(=O)c2ccnc(NCCc3cccc(OC)c3)n2)CC1. The highest BCUT2D eigenvalue weighted by Gasteiger charge is 2.22. The van der Waals surface area contributed by atoms with Crippen molar-refractivity contribution in [3.8, 4) is 5.75 Å². The van der Waals surface area contributed by atoms with Gasteiger partial charge in [-0.25, -0.2) is 9.97 Å². The highest BCUT2D eigenvalue weighted by molar-refractivity contribution is 5.92. The standard InChI is InChI=1S/C20H27N5O2/c1-3-24-11-13-25(14-12-24)19(26)18-8-10-22-20(23-18)21-9-7-16-5-4-6-17(15-16)27-2/h4-6,8,10,15H,3,7,9,11-14H2,1-2H3,(H,21,22,23). The summed E-state index contributed by atoms with van der Waals surface area (Å²) in [6, 6.07) is 9.65. The number of anilines is 1. The summed E-state index contributed by atoms with van der Waals surface area (Å²) in [6.07, 6.45) is 2.45. The van der Waals surface area contributed by atoms with Crippen molar-refractivity contribution >= 4 is 11.9 Å². The third-order valence-corrected chi connectivity index (χ3v) is 4.81. The Labute approximate surface area is 160 Å². The summed E-state index contributed by atoms with van der Waals surface area (Å²) < 4.78 is 5.24. The van der Waals surface area contributed by atoms with Gasteiger partial charge >= 0.3 is 0 Å². The summed E-state index contributed by atoms with van der Waals surface area (Å²) in [5.41, 5.74) is 1.61. The monoisotopic (exact) mass is 369 g/mol. The zero-order valence-corrected chi connectivity index (χ0v) is 16.0. The fraction of sp³-hybridized carbons (Fsp3) is 0.450. The molecule has 1 aliphatic rings. The van der Waals surface area contributed by atoms with Gasteiger partial charge in [0, 0.05) is 38.9 Å². The second-order valence-corrected chi connectivity index (χ2v) is 6.52. The molecular weight excluding hydrogens is 342 g/mol. The molecule has 0 spiro atoms. The van der Waals surface area contributed by atoms with E-state index in [4.69, 9.17) is 4.74 Å². The molecule has 1 aromatic carbocycles. The minimum Gasteiger partial charge on any atom is -0.497 e. The maximum atomic E-state index is 12.7. The summed E-state index contributed by atoms with van der Waals surface area (Å²) >= 11 is 0. The Morgan fingerprint density at radius 1 is 1.22 bits per heavy atom. The number of amides is 1. The van der Waals surface area contributed by atoms with Crippen LogP contribution in [0.25, 0.3) is 0 Å².